The Morgan fingerprint density at radius 3 is 2.50 bits per heavy atom. The molecule has 0 saturated carbocycles. The third-order valence-corrected chi connectivity index (χ3v) is 7.23. The summed E-state index contributed by atoms with van der Waals surface area (Å²) in [5.74, 6) is 0.838. The number of nitrogens with zero attached hydrogens (tertiary/aromatic N) is 2. The lowest BCUT2D eigenvalue weighted by molar-refractivity contribution is 0.410. The molecule has 2 heterocycles. The van der Waals surface area contributed by atoms with E-state index in [2.05, 4.69) is 4.98 Å². The van der Waals surface area contributed by atoms with Crippen molar-refractivity contribution in [3.8, 4) is 5.75 Å². The molecular weight excluding hydrogens is 392 g/mol. The van der Waals surface area contributed by atoms with Gasteiger partial charge >= 0.3 is 0 Å². The number of ether oxygens (including phenoxy) is 1. The fourth-order valence-corrected chi connectivity index (χ4v) is 5.03. The lowest BCUT2D eigenvalue weighted by atomic mass is 10.2. The lowest BCUT2D eigenvalue weighted by Gasteiger charge is -2.22. The van der Waals surface area contributed by atoms with Crippen LogP contribution >= 0.6 is 11.3 Å². The van der Waals surface area contributed by atoms with E-state index in [1.165, 1.54) is 4.88 Å². The van der Waals surface area contributed by atoms with Crippen LogP contribution in [0.25, 0.3) is 0 Å². The second-order valence-electron chi connectivity index (χ2n) is 6.44. The highest BCUT2D eigenvalue weighted by molar-refractivity contribution is 7.89. The molecule has 5 nitrogen and oxygen atoms in total. The van der Waals surface area contributed by atoms with Gasteiger partial charge < -0.3 is 4.74 Å². The van der Waals surface area contributed by atoms with Gasteiger partial charge in [-0.3, -0.25) is 4.98 Å². The van der Waals surface area contributed by atoms with Crippen molar-refractivity contribution in [1.29, 1.82) is 0 Å². The topological polar surface area (TPSA) is 59.5 Å². The van der Waals surface area contributed by atoms with E-state index in [0.29, 0.717) is 25.9 Å². The monoisotopic (exact) mass is 416 g/mol. The van der Waals surface area contributed by atoms with Gasteiger partial charge in [-0.05, 0) is 53.6 Å². The predicted octanol–water partition coefficient (Wildman–Crippen LogP) is 3.77. The van der Waals surface area contributed by atoms with Gasteiger partial charge in [0.1, 0.15) is 5.75 Å². The van der Waals surface area contributed by atoms with Crippen LogP contribution in [0.4, 0.5) is 0 Å². The van der Waals surface area contributed by atoms with Crippen LogP contribution in [0.1, 0.15) is 16.0 Å². The molecule has 0 unspecified atom stereocenters. The highest BCUT2D eigenvalue weighted by Crippen LogP contribution is 2.17. The Balaban J connectivity index is 1.69. The Morgan fingerprint density at radius 1 is 1.04 bits per heavy atom. The Labute approximate surface area is 170 Å². The smallest absolute Gasteiger partial charge is 0.214 e. The standard InChI is InChI=1S/C21H24N2O3S2/c1-26-20-8-6-18(7-9-20)11-15-28(24,25)23(13-10-21-5-3-14-27-21)17-19-4-2-12-22-16-19/h2-9,12,14,16H,10-11,13,15,17H2,1H3. The second kappa shape index (κ2) is 9.82. The number of methoxy groups -OCH3 is 1. The summed E-state index contributed by atoms with van der Waals surface area (Å²) in [5, 5.41) is 2.01. The van der Waals surface area contributed by atoms with Crippen LogP contribution in [0.2, 0.25) is 0 Å². The summed E-state index contributed by atoms with van der Waals surface area (Å²) in [5.41, 5.74) is 1.87. The Hall–Kier alpha value is -2.22. The number of aryl methyl sites for hydroxylation is 1. The van der Waals surface area contributed by atoms with Crippen molar-refractivity contribution in [2.45, 2.75) is 19.4 Å². The molecule has 0 saturated heterocycles. The SMILES string of the molecule is COc1ccc(CCS(=O)(=O)N(CCc2cccs2)Cc2cccnc2)cc1. The zero-order valence-electron chi connectivity index (χ0n) is 15.8. The molecule has 0 spiro atoms. The molecule has 2 aromatic heterocycles. The largest absolute Gasteiger partial charge is 0.497 e. The molecule has 0 bridgehead atoms. The minimum atomic E-state index is -3.41. The number of hydrogen-bond acceptors (Lipinski definition) is 5. The van der Waals surface area contributed by atoms with Gasteiger partial charge in [-0.25, -0.2) is 8.42 Å². The minimum absolute atomic E-state index is 0.0734. The highest BCUT2D eigenvalue weighted by atomic mass is 32.2. The first-order valence-corrected chi connectivity index (χ1v) is 11.6. The van der Waals surface area contributed by atoms with Gasteiger partial charge in [0.15, 0.2) is 0 Å². The summed E-state index contributed by atoms with van der Waals surface area (Å²) in [6, 6.07) is 15.3. The van der Waals surface area contributed by atoms with E-state index in [4.69, 9.17) is 4.74 Å². The van der Waals surface area contributed by atoms with Crippen molar-refractivity contribution in [3.63, 3.8) is 0 Å². The minimum Gasteiger partial charge on any atom is -0.497 e. The quantitative estimate of drug-likeness (QED) is 0.505. The lowest BCUT2D eigenvalue weighted by Crippen LogP contribution is -2.34. The third kappa shape index (κ3) is 5.89. The van der Waals surface area contributed by atoms with Crippen LogP contribution in [0, 0.1) is 0 Å². The fourth-order valence-electron chi connectivity index (χ4n) is 2.87. The molecule has 28 heavy (non-hydrogen) atoms. The van der Waals surface area contributed by atoms with Gasteiger partial charge in [-0.2, -0.15) is 4.31 Å². The maximum absolute atomic E-state index is 13.1. The van der Waals surface area contributed by atoms with Crippen LogP contribution in [-0.4, -0.2) is 37.1 Å². The number of sulfonamides is 1. The highest BCUT2D eigenvalue weighted by Gasteiger charge is 2.22. The molecule has 148 valence electrons. The van der Waals surface area contributed by atoms with Gasteiger partial charge in [0.05, 0.1) is 12.9 Å². The molecule has 0 aliphatic heterocycles. The van der Waals surface area contributed by atoms with Crippen LogP contribution in [0.15, 0.2) is 66.3 Å². The molecule has 0 aliphatic carbocycles. The summed E-state index contributed by atoms with van der Waals surface area (Å²) in [4.78, 5) is 5.29. The summed E-state index contributed by atoms with van der Waals surface area (Å²) in [7, 11) is -1.79. The molecule has 0 fully saturated rings. The van der Waals surface area contributed by atoms with Crippen LogP contribution < -0.4 is 4.74 Å². The van der Waals surface area contributed by atoms with Crippen molar-refractivity contribution < 1.29 is 13.2 Å². The number of hydrogen-bond donors (Lipinski definition) is 0. The van der Waals surface area contributed by atoms with E-state index in [1.807, 2.05) is 53.9 Å². The van der Waals surface area contributed by atoms with Gasteiger partial charge in [0.25, 0.3) is 0 Å². The van der Waals surface area contributed by atoms with Gasteiger partial charge in [-0.1, -0.05) is 24.3 Å². The molecule has 0 radical (unpaired) electrons. The molecule has 1 aromatic carbocycles. The van der Waals surface area contributed by atoms with Gasteiger partial charge in [-0.15, -0.1) is 11.3 Å². The summed E-state index contributed by atoms with van der Waals surface area (Å²) >= 11 is 1.65. The summed E-state index contributed by atoms with van der Waals surface area (Å²) in [6.07, 6.45) is 4.59. The van der Waals surface area contributed by atoms with Crippen molar-refractivity contribution >= 4 is 21.4 Å². The molecule has 3 aromatic rings. The van der Waals surface area contributed by atoms with E-state index >= 15 is 0 Å². The fraction of sp³-hybridized carbons (Fsp3) is 0.286. The van der Waals surface area contributed by atoms with E-state index < -0.39 is 10.0 Å². The van der Waals surface area contributed by atoms with E-state index in [0.717, 1.165) is 16.9 Å². The zero-order chi connectivity index (χ0) is 19.8. The first-order valence-electron chi connectivity index (χ1n) is 9.09. The molecule has 3 rings (SSSR count). The summed E-state index contributed by atoms with van der Waals surface area (Å²) < 4.78 is 32.9. The van der Waals surface area contributed by atoms with Crippen molar-refractivity contribution in [2.24, 2.45) is 0 Å². The molecule has 0 atom stereocenters. The predicted molar refractivity (Wildman–Crippen MR) is 113 cm³/mol. The van der Waals surface area contributed by atoms with Crippen LogP contribution in [0.5, 0.6) is 5.75 Å². The number of pyridine rings is 1. The third-order valence-electron chi connectivity index (χ3n) is 4.47. The average Bonchev–Trinajstić information content (AvgIpc) is 3.24. The second-order valence-corrected chi connectivity index (χ2v) is 9.56. The molecule has 7 heteroatoms. The normalized spacial score (nSPS) is 11.6. The van der Waals surface area contributed by atoms with Crippen molar-refractivity contribution in [2.75, 3.05) is 19.4 Å². The van der Waals surface area contributed by atoms with Crippen molar-refractivity contribution in [1.82, 2.24) is 9.29 Å². The van der Waals surface area contributed by atoms with E-state index in [-0.39, 0.29) is 5.75 Å². The van der Waals surface area contributed by atoms with Crippen LogP contribution in [0.3, 0.4) is 0 Å². The Bertz CT molecular complexity index is 941. The molecule has 0 aliphatic rings. The number of rotatable bonds is 10. The van der Waals surface area contributed by atoms with Gasteiger partial charge in [0, 0.05) is 30.4 Å². The average molecular weight is 417 g/mol. The van der Waals surface area contributed by atoms with Crippen LogP contribution in [-0.2, 0) is 29.4 Å². The number of aromatic nitrogens is 1. The maximum Gasteiger partial charge on any atom is 0.214 e. The number of thiophene rings is 1. The van der Waals surface area contributed by atoms with E-state index in [9.17, 15) is 8.42 Å². The van der Waals surface area contributed by atoms with Gasteiger partial charge in [0.2, 0.25) is 10.0 Å². The molecule has 0 N–H and O–H groups in total. The molecule has 0 amide bonds. The summed E-state index contributed by atoms with van der Waals surface area (Å²) in [6.45, 7) is 0.796. The maximum atomic E-state index is 13.1. The Morgan fingerprint density at radius 2 is 1.86 bits per heavy atom. The first kappa shape index (κ1) is 20.5. The first-order chi connectivity index (χ1) is 13.6. The van der Waals surface area contributed by atoms with Crippen molar-refractivity contribution in [3.05, 3.63) is 82.3 Å². The number of benzene rings is 1. The zero-order valence-corrected chi connectivity index (χ0v) is 17.5. The van der Waals surface area contributed by atoms with E-state index in [1.54, 1.807) is 35.1 Å². The Kier molecular flexibility index (Phi) is 7.19. The molecular formula is C21H24N2O3S2.